The molecule has 3 heteroatoms. The number of hydrogen-bond acceptors (Lipinski definition) is 0. The van der Waals surface area contributed by atoms with Crippen LogP contribution >= 0.6 is 0 Å². The highest BCUT2D eigenvalue weighted by molar-refractivity contribution is 5.70. The number of hydrogen-bond donors (Lipinski definition) is 0. The lowest BCUT2D eigenvalue weighted by molar-refractivity contribution is 0.154. The van der Waals surface area contributed by atoms with E-state index in [1.54, 1.807) is 0 Å². The third kappa shape index (κ3) is 4.15. The normalized spacial score (nSPS) is 21.6. The minimum Gasteiger partial charge on any atom is -0.204 e. The third-order valence-corrected chi connectivity index (χ3v) is 7.51. The van der Waals surface area contributed by atoms with Gasteiger partial charge in [0.05, 0.1) is 0 Å². The van der Waals surface area contributed by atoms with Crippen LogP contribution in [0.25, 0.3) is 22.3 Å². The Balaban J connectivity index is 1.27. The summed E-state index contributed by atoms with van der Waals surface area (Å²) >= 11 is 0. The highest BCUT2D eigenvalue weighted by Gasteiger charge is 2.31. The quantitative estimate of drug-likeness (QED) is 0.371. The van der Waals surface area contributed by atoms with Gasteiger partial charge in [-0.15, -0.1) is 0 Å². The van der Waals surface area contributed by atoms with Crippen molar-refractivity contribution in [3.8, 4) is 22.3 Å². The smallest absolute Gasteiger partial charge is 0.194 e. The second-order valence-corrected chi connectivity index (χ2v) is 9.26. The molecule has 0 amide bonds. The molecule has 0 saturated heterocycles. The van der Waals surface area contributed by atoms with Gasteiger partial charge in [0.2, 0.25) is 0 Å². The maximum atomic E-state index is 13.5. The Hall–Kier alpha value is -2.55. The van der Waals surface area contributed by atoms with E-state index in [2.05, 4.69) is 24.3 Å². The van der Waals surface area contributed by atoms with Gasteiger partial charge < -0.3 is 0 Å². The standard InChI is InChI=1S/C28H27F3/c29-26-16-25(17-27(30)28(26)31)24-14-12-23(13-15-24)22-10-8-21(9-11-22)20-6-4-19(5-7-20)18-2-1-3-18/h8-20H,1-7H2. The molecule has 2 aliphatic carbocycles. The fraction of sp³-hybridized carbons (Fsp3) is 0.357. The van der Waals surface area contributed by atoms with E-state index in [1.165, 1.54) is 50.5 Å². The van der Waals surface area contributed by atoms with Gasteiger partial charge in [-0.25, -0.2) is 13.2 Å². The van der Waals surface area contributed by atoms with Gasteiger partial charge in [-0.05, 0) is 83.4 Å². The SMILES string of the molecule is Fc1cc(-c2ccc(-c3ccc(C4CCC(C5CCC5)CC4)cc3)cc2)cc(F)c1F. The minimum atomic E-state index is -1.43. The van der Waals surface area contributed by atoms with Gasteiger partial charge in [-0.1, -0.05) is 67.8 Å². The summed E-state index contributed by atoms with van der Waals surface area (Å²) in [4.78, 5) is 0. The fourth-order valence-corrected chi connectivity index (χ4v) is 5.36. The zero-order valence-electron chi connectivity index (χ0n) is 17.6. The largest absolute Gasteiger partial charge is 0.204 e. The van der Waals surface area contributed by atoms with E-state index in [4.69, 9.17) is 0 Å². The Morgan fingerprint density at radius 3 is 1.45 bits per heavy atom. The van der Waals surface area contributed by atoms with E-state index >= 15 is 0 Å². The van der Waals surface area contributed by atoms with Crippen LogP contribution < -0.4 is 0 Å². The lowest BCUT2D eigenvalue weighted by Crippen LogP contribution is -2.25. The van der Waals surface area contributed by atoms with Crippen molar-refractivity contribution >= 4 is 0 Å². The van der Waals surface area contributed by atoms with Gasteiger partial charge >= 0.3 is 0 Å². The maximum Gasteiger partial charge on any atom is 0.194 e. The molecule has 0 bridgehead atoms. The van der Waals surface area contributed by atoms with Crippen LogP contribution in [0.5, 0.6) is 0 Å². The van der Waals surface area contributed by atoms with Crippen molar-refractivity contribution in [2.75, 3.05) is 0 Å². The van der Waals surface area contributed by atoms with E-state index in [0.29, 0.717) is 17.0 Å². The van der Waals surface area contributed by atoms with Crippen molar-refractivity contribution in [3.63, 3.8) is 0 Å². The highest BCUT2D eigenvalue weighted by Crippen LogP contribution is 2.45. The van der Waals surface area contributed by atoms with Crippen molar-refractivity contribution in [2.45, 2.75) is 50.9 Å². The molecule has 160 valence electrons. The molecule has 0 N–H and O–H groups in total. The minimum absolute atomic E-state index is 0.329. The summed E-state index contributed by atoms with van der Waals surface area (Å²) in [5.74, 6) is -1.12. The van der Waals surface area contributed by atoms with E-state index in [-0.39, 0.29) is 0 Å². The van der Waals surface area contributed by atoms with Gasteiger partial charge in [0, 0.05) is 0 Å². The Bertz CT molecular complexity index is 1020. The van der Waals surface area contributed by atoms with Gasteiger partial charge in [0.25, 0.3) is 0 Å². The Kier molecular flexibility index (Phi) is 5.60. The molecule has 0 atom stereocenters. The number of benzene rings is 3. The summed E-state index contributed by atoms with van der Waals surface area (Å²) in [6.45, 7) is 0. The van der Waals surface area contributed by atoms with Gasteiger partial charge in [0.15, 0.2) is 17.5 Å². The molecule has 0 unspecified atom stereocenters. The second kappa shape index (κ2) is 8.53. The lowest BCUT2D eigenvalue weighted by atomic mass is 9.67. The van der Waals surface area contributed by atoms with Crippen molar-refractivity contribution in [1.82, 2.24) is 0 Å². The molecule has 5 rings (SSSR count). The van der Waals surface area contributed by atoms with Gasteiger partial charge in [-0.3, -0.25) is 0 Å². The van der Waals surface area contributed by atoms with E-state index in [1.807, 2.05) is 24.3 Å². The summed E-state index contributed by atoms with van der Waals surface area (Å²) in [5, 5.41) is 0. The summed E-state index contributed by atoms with van der Waals surface area (Å²) in [6, 6.07) is 18.4. The molecule has 0 heterocycles. The molecule has 0 spiro atoms. The summed E-state index contributed by atoms with van der Waals surface area (Å²) in [6.07, 6.45) is 9.71. The molecule has 0 aliphatic heterocycles. The fourth-order valence-electron chi connectivity index (χ4n) is 5.36. The molecule has 0 radical (unpaired) electrons. The zero-order valence-corrected chi connectivity index (χ0v) is 17.6. The van der Waals surface area contributed by atoms with Crippen LogP contribution in [-0.2, 0) is 0 Å². The van der Waals surface area contributed by atoms with E-state index < -0.39 is 17.5 Å². The van der Waals surface area contributed by atoms with E-state index in [9.17, 15) is 13.2 Å². The summed E-state index contributed by atoms with van der Waals surface area (Å²) in [7, 11) is 0. The first kappa shape index (κ1) is 20.4. The number of rotatable bonds is 4. The Morgan fingerprint density at radius 2 is 0.968 bits per heavy atom. The van der Waals surface area contributed by atoms with Crippen LogP contribution in [0.1, 0.15) is 56.4 Å². The zero-order chi connectivity index (χ0) is 21.4. The van der Waals surface area contributed by atoms with Crippen LogP contribution in [0.15, 0.2) is 60.7 Å². The van der Waals surface area contributed by atoms with Crippen LogP contribution in [0.3, 0.4) is 0 Å². The second-order valence-electron chi connectivity index (χ2n) is 9.26. The lowest BCUT2D eigenvalue weighted by Gasteiger charge is -2.38. The maximum absolute atomic E-state index is 13.5. The molecule has 3 aromatic rings. The molecule has 0 aromatic heterocycles. The average Bonchev–Trinajstić information content (AvgIpc) is 2.77. The Labute approximate surface area is 182 Å². The summed E-state index contributed by atoms with van der Waals surface area (Å²) < 4.78 is 40.3. The van der Waals surface area contributed by atoms with Crippen LogP contribution in [0, 0.1) is 29.3 Å². The van der Waals surface area contributed by atoms with Crippen molar-refractivity contribution < 1.29 is 13.2 Å². The molecular formula is C28H27F3. The predicted octanol–water partition coefficient (Wildman–Crippen LogP) is 8.51. The molecular weight excluding hydrogens is 393 g/mol. The third-order valence-electron chi connectivity index (χ3n) is 7.51. The van der Waals surface area contributed by atoms with Crippen molar-refractivity contribution in [2.24, 2.45) is 11.8 Å². The predicted molar refractivity (Wildman–Crippen MR) is 119 cm³/mol. The first-order valence-electron chi connectivity index (χ1n) is 11.4. The van der Waals surface area contributed by atoms with E-state index in [0.717, 1.165) is 35.1 Å². The van der Waals surface area contributed by atoms with Crippen LogP contribution in [0.4, 0.5) is 13.2 Å². The monoisotopic (exact) mass is 420 g/mol. The molecule has 2 fully saturated rings. The van der Waals surface area contributed by atoms with Crippen LogP contribution in [0.2, 0.25) is 0 Å². The first-order valence-corrected chi connectivity index (χ1v) is 11.4. The molecule has 2 aliphatic rings. The molecule has 3 aromatic carbocycles. The Morgan fingerprint density at radius 1 is 0.516 bits per heavy atom. The first-order chi connectivity index (χ1) is 15.1. The van der Waals surface area contributed by atoms with Crippen molar-refractivity contribution in [1.29, 1.82) is 0 Å². The molecule has 0 nitrogen and oxygen atoms in total. The van der Waals surface area contributed by atoms with Gasteiger partial charge in [-0.2, -0.15) is 0 Å². The van der Waals surface area contributed by atoms with Crippen molar-refractivity contribution in [3.05, 3.63) is 83.7 Å². The molecule has 2 saturated carbocycles. The molecule has 31 heavy (non-hydrogen) atoms. The highest BCUT2D eigenvalue weighted by atomic mass is 19.2. The van der Waals surface area contributed by atoms with Gasteiger partial charge in [0.1, 0.15) is 0 Å². The van der Waals surface area contributed by atoms with Crippen LogP contribution in [-0.4, -0.2) is 0 Å². The summed E-state index contributed by atoms with van der Waals surface area (Å²) in [5.41, 5.74) is 4.59. The average molecular weight is 421 g/mol. The number of halogens is 3. The topological polar surface area (TPSA) is 0 Å².